The van der Waals surface area contributed by atoms with Gasteiger partial charge in [0.1, 0.15) is 29.9 Å². The normalized spacial score (nSPS) is 14.1. The summed E-state index contributed by atoms with van der Waals surface area (Å²) in [6.07, 6.45) is 2.33. The highest BCUT2D eigenvalue weighted by atomic mass is 28.2. The monoisotopic (exact) mass is 454 g/mol. The fourth-order valence-electron chi connectivity index (χ4n) is 3.92. The molecule has 0 aliphatic heterocycles. The van der Waals surface area contributed by atoms with Crippen molar-refractivity contribution in [1.29, 1.82) is 0 Å². The van der Waals surface area contributed by atoms with Gasteiger partial charge in [-0.05, 0) is 68.2 Å². The van der Waals surface area contributed by atoms with E-state index in [0.717, 1.165) is 12.8 Å². The number of hydrogen-bond acceptors (Lipinski definition) is 4. The van der Waals surface area contributed by atoms with Crippen LogP contribution >= 0.6 is 0 Å². The van der Waals surface area contributed by atoms with Crippen LogP contribution in [0.15, 0.2) is 24.3 Å². The first-order valence-electron chi connectivity index (χ1n) is 11.7. The smallest absolute Gasteiger partial charge is 0.150 e. The van der Waals surface area contributed by atoms with Gasteiger partial charge in [0, 0.05) is 0 Å². The maximum atomic E-state index is 6.33. The van der Waals surface area contributed by atoms with Crippen molar-refractivity contribution in [3.63, 3.8) is 0 Å². The first kappa shape index (κ1) is 27.5. The molecule has 6 heteroatoms. The topological polar surface area (TPSA) is 36.9 Å². The summed E-state index contributed by atoms with van der Waals surface area (Å²) in [5, 5.41) is 2.74. The number of ether oxygens (including phenoxy) is 4. The van der Waals surface area contributed by atoms with Crippen molar-refractivity contribution in [3.8, 4) is 0 Å². The zero-order valence-corrected chi connectivity index (χ0v) is 23.9. The van der Waals surface area contributed by atoms with Gasteiger partial charge in [0.2, 0.25) is 0 Å². The molecule has 0 saturated heterocycles. The molecule has 30 heavy (non-hydrogen) atoms. The van der Waals surface area contributed by atoms with Crippen molar-refractivity contribution in [3.05, 3.63) is 24.3 Å². The molecule has 0 N–H and O–H groups in total. The second kappa shape index (κ2) is 12.5. The molecular weight excluding hydrogens is 408 g/mol. The first-order valence-corrected chi connectivity index (χ1v) is 14.6. The summed E-state index contributed by atoms with van der Waals surface area (Å²) >= 11 is 0. The summed E-state index contributed by atoms with van der Waals surface area (Å²) in [7, 11) is -1.56. The minimum Gasteiger partial charge on any atom is -0.351 e. The largest absolute Gasteiger partial charge is 0.351 e. The van der Waals surface area contributed by atoms with Gasteiger partial charge in [-0.25, -0.2) is 0 Å². The van der Waals surface area contributed by atoms with Gasteiger partial charge in [-0.15, -0.1) is 0 Å². The Hall–Kier alpha value is -0.506. The van der Waals surface area contributed by atoms with Crippen LogP contribution in [0, 0.1) is 0 Å². The van der Waals surface area contributed by atoms with E-state index in [0.29, 0.717) is 0 Å². The van der Waals surface area contributed by atoms with Gasteiger partial charge < -0.3 is 18.9 Å². The van der Waals surface area contributed by atoms with E-state index in [1.807, 2.05) is 0 Å². The zero-order valence-electron chi connectivity index (χ0n) is 21.1. The molecule has 174 valence electrons. The van der Waals surface area contributed by atoms with Crippen molar-refractivity contribution in [2.75, 3.05) is 0 Å². The fraction of sp³-hybridized carbons (Fsp3) is 0.750. The highest BCUT2D eigenvalue weighted by Gasteiger charge is 2.35. The van der Waals surface area contributed by atoms with Crippen molar-refractivity contribution in [2.24, 2.45) is 0 Å². The van der Waals surface area contributed by atoms with Crippen molar-refractivity contribution in [1.82, 2.24) is 0 Å². The van der Waals surface area contributed by atoms with Crippen molar-refractivity contribution >= 4 is 29.4 Å². The Kier molecular flexibility index (Phi) is 11.5. The van der Waals surface area contributed by atoms with Crippen LogP contribution in [-0.2, 0) is 18.9 Å². The molecule has 1 aromatic carbocycles. The Labute approximate surface area is 190 Å². The molecule has 0 heterocycles. The van der Waals surface area contributed by atoms with E-state index in [1.54, 1.807) is 0 Å². The third kappa shape index (κ3) is 9.32. The highest BCUT2D eigenvalue weighted by molar-refractivity contribution is 6.58. The SMILES string of the molecule is CCC(OC(C)C)(OC(C)C)[SiH2]c1ccc([SiH2]C(CC)(OC(C)C)OC(C)C)cc1. The van der Waals surface area contributed by atoms with E-state index in [4.69, 9.17) is 18.9 Å². The molecule has 0 atom stereocenters. The van der Waals surface area contributed by atoms with E-state index in [2.05, 4.69) is 93.5 Å². The summed E-state index contributed by atoms with van der Waals surface area (Å²) in [5.41, 5.74) is -0.897. The van der Waals surface area contributed by atoms with Crippen molar-refractivity contribution in [2.45, 2.75) is 117 Å². The van der Waals surface area contributed by atoms with Crippen molar-refractivity contribution < 1.29 is 18.9 Å². The van der Waals surface area contributed by atoms with Gasteiger partial charge in [-0.2, -0.15) is 0 Å². The third-order valence-corrected chi connectivity index (χ3v) is 9.35. The Morgan fingerprint density at radius 1 is 0.567 bits per heavy atom. The molecule has 0 aliphatic carbocycles. The molecule has 4 nitrogen and oxygen atoms in total. The standard InChI is InChI=1S/C24H46O4Si2/c1-11-23(25-17(3)4,26-18(5)6)29-21-13-15-22(16-14-21)30-24(12-2,27-19(7)8)28-20(9)10/h13-20H,11-12,29-30H2,1-10H3. The quantitative estimate of drug-likeness (QED) is 0.320. The summed E-state index contributed by atoms with van der Waals surface area (Å²) < 4.78 is 25.3. The lowest BCUT2D eigenvalue weighted by molar-refractivity contribution is -0.217. The molecule has 0 radical (unpaired) electrons. The number of rotatable bonds is 14. The molecule has 1 aromatic rings. The molecular formula is C24H46O4Si2. The first-order chi connectivity index (χ1) is 13.9. The minimum atomic E-state index is -0.781. The van der Waals surface area contributed by atoms with Gasteiger partial charge in [0.25, 0.3) is 0 Å². The molecule has 0 aliphatic rings. The average Bonchev–Trinajstić information content (AvgIpc) is 2.61. The summed E-state index contributed by atoms with van der Waals surface area (Å²) in [5.74, 6) is 0. The molecule has 0 amide bonds. The molecule has 0 bridgehead atoms. The second-order valence-corrected chi connectivity index (χ2v) is 13.9. The molecule has 0 unspecified atom stereocenters. The van der Waals surface area contributed by atoms with Gasteiger partial charge >= 0.3 is 0 Å². The molecule has 0 aromatic heterocycles. The predicted octanol–water partition coefficient (Wildman–Crippen LogP) is 3.10. The van der Waals surface area contributed by atoms with Gasteiger partial charge in [0.15, 0.2) is 0 Å². The van der Waals surface area contributed by atoms with Gasteiger partial charge in [-0.3, -0.25) is 0 Å². The van der Waals surface area contributed by atoms with Crippen LogP contribution in [0.25, 0.3) is 0 Å². The maximum absolute atomic E-state index is 6.33. The molecule has 1 rings (SSSR count). The van der Waals surface area contributed by atoms with E-state index < -0.39 is 29.9 Å². The van der Waals surface area contributed by atoms with E-state index in [9.17, 15) is 0 Å². The minimum absolute atomic E-state index is 0.148. The Balaban J connectivity index is 3.04. The van der Waals surface area contributed by atoms with E-state index in [1.165, 1.54) is 10.4 Å². The van der Waals surface area contributed by atoms with Crippen LogP contribution in [-0.4, -0.2) is 54.3 Å². The van der Waals surface area contributed by atoms with Gasteiger partial charge in [-0.1, -0.05) is 48.5 Å². The Bertz CT molecular complexity index is 527. The summed E-state index contributed by atoms with van der Waals surface area (Å²) in [6, 6.07) is 9.10. The fourth-order valence-corrected chi connectivity index (χ4v) is 8.27. The number of benzene rings is 1. The third-order valence-electron chi connectivity index (χ3n) is 4.85. The predicted molar refractivity (Wildman–Crippen MR) is 134 cm³/mol. The van der Waals surface area contributed by atoms with Gasteiger partial charge in [0.05, 0.1) is 24.4 Å². The summed E-state index contributed by atoms with van der Waals surface area (Å²) in [4.78, 5) is 0. The van der Waals surface area contributed by atoms with Crippen LogP contribution in [0.3, 0.4) is 0 Å². The Morgan fingerprint density at radius 2 is 0.800 bits per heavy atom. The lowest BCUT2D eigenvalue weighted by Gasteiger charge is -2.37. The van der Waals surface area contributed by atoms with Crippen LogP contribution in [0.2, 0.25) is 0 Å². The second-order valence-electron chi connectivity index (χ2n) is 9.36. The highest BCUT2D eigenvalue weighted by Crippen LogP contribution is 2.22. The lowest BCUT2D eigenvalue weighted by atomic mass is 10.3. The molecule has 0 spiro atoms. The maximum Gasteiger partial charge on any atom is 0.150 e. The van der Waals surface area contributed by atoms with Crippen LogP contribution in [0.5, 0.6) is 0 Å². The average molecular weight is 455 g/mol. The molecule has 0 fully saturated rings. The zero-order chi connectivity index (χ0) is 22.9. The molecule has 0 saturated carbocycles. The lowest BCUT2D eigenvalue weighted by Crippen LogP contribution is -2.51. The summed E-state index contributed by atoms with van der Waals surface area (Å²) in [6.45, 7) is 21.0. The van der Waals surface area contributed by atoms with E-state index in [-0.39, 0.29) is 24.4 Å². The van der Waals surface area contributed by atoms with E-state index >= 15 is 0 Å². The van der Waals surface area contributed by atoms with Crippen LogP contribution in [0.4, 0.5) is 0 Å². The Morgan fingerprint density at radius 3 is 0.967 bits per heavy atom. The number of hydrogen-bond donors (Lipinski definition) is 0. The van der Waals surface area contributed by atoms with Crippen LogP contribution in [0.1, 0.15) is 82.1 Å². The van der Waals surface area contributed by atoms with Crippen LogP contribution < -0.4 is 10.4 Å².